The highest BCUT2D eigenvalue weighted by molar-refractivity contribution is 7.92. The van der Waals surface area contributed by atoms with Gasteiger partial charge in [-0.25, -0.2) is 13.2 Å². The first-order chi connectivity index (χ1) is 17.8. The van der Waals surface area contributed by atoms with E-state index in [-0.39, 0.29) is 23.1 Å². The van der Waals surface area contributed by atoms with Crippen LogP contribution in [0.15, 0.2) is 83.8 Å². The molecule has 194 valence electrons. The highest BCUT2D eigenvalue weighted by Crippen LogP contribution is 2.28. The number of hydrogen-bond acceptors (Lipinski definition) is 6. The average Bonchev–Trinajstić information content (AvgIpc) is 3.44. The Morgan fingerprint density at radius 3 is 2.49 bits per heavy atom. The van der Waals surface area contributed by atoms with Crippen LogP contribution in [-0.2, 0) is 30.8 Å². The predicted molar refractivity (Wildman–Crippen MR) is 140 cm³/mol. The van der Waals surface area contributed by atoms with E-state index in [1.165, 1.54) is 28.6 Å². The molecule has 0 aliphatic carbocycles. The molecule has 0 aromatic heterocycles. The maximum absolute atomic E-state index is 13.7. The Morgan fingerprint density at radius 2 is 1.78 bits per heavy atom. The van der Waals surface area contributed by atoms with Gasteiger partial charge in [0, 0.05) is 18.2 Å². The van der Waals surface area contributed by atoms with Crippen molar-refractivity contribution in [2.45, 2.75) is 30.4 Å². The largest absolute Gasteiger partial charge is 0.452 e. The zero-order chi connectivity index (χ0) is 26.3. The standard InChI is InChI=1S/C27H27ClN2O6S/c28-22-11-13-23(14-12-22)30(18-20-6-2-1-3-7-20)37(33,34)25-10-4-8-21(16-25)27(32)36-19-26(31)29-17-24-9-5-15-35-24/h1-4,6-8,10-14,16,24H,5,9,15,17-19H2,(H,29,31). The fourth-order valence-electron chi connectivity index (χ4n) is 3.88. The highest BCUT2D eigenvalue weighted by atomic mass is 35.5. The number of rotatable bonds is 10. The number of carbonyl (C=O) groups excluding carboxylic acids is 2. The summed E-state index contributed by atoms with van der Waals surface area (Å²) >= 11 is 6.01. The predicted octanol–water partition coefficient (Wildman–Crippen LogP) is 4.19. The lowest BCUT2D eigenvalue weighted by Crippen LogP contribution is -2.34. The van der Waals surface area contributed by atoms with Crippen molar-refractivity contribution in [2.24, 2.45) is 0 Å². The quantitative estimate of drug-likeness (QED) is 0.385. The van der Waals surface area contributed by atoms with Crippen LogP contribution in [0.3, 0.4) is 0 Å². The topological polar surface area (TPSA) is 102 Å². The summed E-state index contributed by atoms with van der Waals surface area (Å²) in [5.74, 6) is -1.25. The van der Waals surface area contributed by atoms with Crippen molar-refractivity contribution in [3.63, 3.8) is 0 Å². The second-order valence-electron chi connectivity index (χ2n) is 8.52. The first-order valence-corrected chi connectivity index (χ1v) is 13.6. The van der Waals surface area contributed by atoms with Crippen molar-refractivity contribution in [3.05, 3.63) is 95.0 Å². The van der Waals surface area contributed by atoms with Gasteiger partial charge in [0.25, 0.3) is 15.9 Å². The molecule has 37 heavy (non-hydrogen) atoms. The summed E-state index contributed by atoms with van der Waals surface area (Å²) < 4.78 is 39.3. The third kappa shape index (κ3) is 7.09. The second kappa shape index (κ2) is 12.2. The molecule has 1 amide bonds. The lowest BCUT2D eigenvalue weighted by Gasteiger charge is -2.25. The second-order valence-corrected chi connectivity index (χ2v) is 10.8. The van der Waals surface area contributed by atoms with Crippen molar-refractivity contribution < 1.29 is 27.5 Å². The Morgan fingerprint density at radius 1 is 1.03 bits per heavy atom. The number of carbonyl (C=O) groups is 2. The molecule has 8 nitrogen and oxygen atoms in total. The first-order valence-electron chi connectivity index (χ1n) is 11.8. The number of nitrogens with zero attached hydrogens (tertiary/aromatic N) is 1. The summed E-state index contributed by atoms with van der Waals surface area (Å²) in [6, 6.07) is 21.2. The fourth-order valence-corrected chi connectivity index (χ4v) is 5.51. The van der Waals surface area contributed by atoms with Crippen LogP contribution in [0.4, 0.5) is 5.69 Å². The molecule has 1 saturated heterocycles. The van der Waals surface area contributed by atoms with Crippen LogP contribution in [0.2, 0.25) is 5.02 Å². The first kappa shape index (κ1) is 26.7. The van der Waals surface area contributed by atoms with Gasteiger partial charge in [-0.2, -0.15) is 0 Å². The van der Waals surface area contributed by atoms with E-state index in [1.54, 1.807) is 24.3 Å². The summed E-state index contributed by atoms with van der Waals surface area (Å²) in [5.41, 5.74) is 1.22. The van der Waals surface area contributed by atoms with Gasteiger partial charge in [0.15, 0.2) is 6.61 Å². The van der Waals surface area contributed by atoms with E-state index in [2.05, 4.69) is 5.32 Å². The number of ether oxygens (including phenoxy) is 2. The molecule has 1 aliphatic rings. The molecule has 1 N–H and O–H groups in total. The van der Waals surface area contributed by atoms with Crippen LogP contribution in [0, 0.1) is 0 Å². The van der Waals surface area contributed by atoms with E-state index in [0.717, 1.165) is 18.4 Å². The van der Waals surface area contributed by atoms with Crippen LogP contribution in [0.5, 0.6) is 0 Å². The number of nitrogens with one attached hydrogen (secondary N) is 1. The van der Waals surface area contributed by atoms with Crippen LogP contribution in [-0.4, -0.2) is 46.2 Å². The Bertz CT molecular complexity index is 1330. The van der Waals surface area contributed by atoms with E-state index >= 15 is 0 Å². The van der Waals surface area contributed by atoms with Crippen LogP contribution >= 0.6 is 11.6 Å². The van der Waals surface area contributed by atoms with Crippen LogP contribution in [0.1, 0.15) is 28.8 Å². The highest BCUT2D eigenvalue weighted by Gasteiger charge is 2.26. The number of benzene rings is 3. The lowest BCUT2D eigenvalue weighted by molar-refractivity contribution is -0.124. The maximum Gasteiger partial charge on any atom is 0.338 e. The minimum atomic E-state index is -4.08. The zero-order valence-corrected chi connectivity index (χ0v) is 21.6. The fraction of sp³-hybridized carbons (Fsp3) is 0.259. The van der Waals surface area contributed by atoms with Crippen molar-refractivity contribution in [1.29, 1.82) is 0 Å². The Hall–Kier alpha value is -3.40. The number of hydrogen-bond donors (Lipinski definition) is 1. The van der Waals surface area contributed by atoms with Gasteiger partial charge < -0.3 is 14.8 Å². The molecular weight excluding hydrogens is 516 g/mol. The number of amides is 1. The molecule has 3 aromatic carbocycles. The Balaban J connectivity index is 1.49. The number of sulfonamides is 1. The smallest absolute Gasteiger partial charge is 0.338 e. The van der Waals surface area contributed by atoms with Gasteiger partial charge in [-0.15, -0.1) is 0 Å². The third-order valence-corrected chi connectivity index (χ3v) is 7.85. The van der Waals surface area contributed by atoms with E-state index < -0.39 is 28.5 Å². The lowest BCUT2D eigenvalue weighted by atomic mass is 10.2. The molecule has 0 spiro atoms. The minimum Gasteiger partial charge on any atom is -0.452 e. The summed E-state index contributed by atoms with van der Waals surface area (Å²) in [5, 5.41) is 3.15. The van der Waals surface area contributed by atoms with E-state index in [9.17, 15) is 18.0 Å². The molecule has 0 radical (unpaired) electrons. The summed E-state index contributed by atoms with van der Waals surface area (Å²) in [6.07, 6.45) is 1.80. The number of halogens is 1. The van der Waals surface area contributed by atoms with Crippen molar-refractivity contribution in [1.82, 2.24) is 5.32 Å². The SMILES string of the molecule is O=C(COC(=O)c1cccc(S(=O)(=O)N(Cc2ccccc2)c2ccc(Cl)cc2)c1)NCC1CCCO1. The van der Waals surface area contributed by atoms with Gasteiger partial charge in [-0.3, -0.25) is 9.10 Å². The molecule has 0 saturated carbocycles. The molecule has 0 bridgehead atoms. The number of anilines is 1. The van der Waals surface area contributed by atoms with Gasteiger partial charge in [-0.1, -0.05) is 48.0 Å². The summed E-state index contributed by atoms with van der Waals surface area (Å²) in [6.45, 7) is 0.624. The van der Waals surface area contributed by atoms with Crippen LogP contribution in [0.25, 0.3) is 0 Å². The normalized spacial score (nSPS) is 15.2. The molecule has 1 aliphatic heterocycles. The van der Waals surface area contributed by atoms with Gasteiger partial charge in [0.1, 0.15) is 0 Å². The van der Waals surface area contributed by atoms with E-state index in [1.807, 2.05) is 30.3 Å². The average molecular weight is 543 g/mol. The minimum absolute atomic E-state index is 0.0174. The van der Waals surface area contributed by atoms with Gasteiger partial charge in [-0.05, 0) is 60.9 Å². The van der Waals surface area contributed by atoms with Crippen molar-refractivity contribution >= 4 is 39.2 Å². The Kier molecular flexibility index (Phi) is 8.81. The summed E-state index contributed by atoms with van der Waals surface area (Å²) in [7, 11) is -4.08. The third-order valence-electron chi connectivity index (χ3n) is 5.83. The van der Waals surface area contributed by atoms with Gasteiger partial charge in [0.05, 0.1) is 28.8 Å². The zero-order valence-electron chi connectivity index (χ0n) is 20.0. The van der Waals surface area contributed by atoms with E-state index in [0.29, 0.717) is 23.9 Å². The summed E-state index contributed by atoms with van der Waals surface area (Å²) in [4.78, 5) is 24.6. The molecule has 1 unspecified atom stereocenters. The van der Waals surface area contributed by atoms with Crippen molar-refractivity contribution in [3.8, 4) is 0 Å². The molecule has 1 atom stereocenters. The monoisotopic (exact) mass is 542 g/mol. The van der Waals surface area contributed by atoms with Gasteiger partial charge >= 0.3 is 5.97 Å². The maximum atomic E-state index is 13.7. The molecule has 4 rings (SSSR count). The molecule has 1 fully saturated rings. The molecular formula is C27H27ClN2O6S. The molecule has 3 aromatic rings. The van der Waals surface area contributed by atoms with Gasteiger partial charge in [0.2, 0.25) is 0 Å². The molecule has 1 heterocycles. The van der Waals surface area contributed by atoms with Crippen LogP contribution < -0.4 is 9.62 Å². The molecule has 10 heteroatoms. The van der Waals surface area contributed by atoms with E-state index in [4.69, 9.17) is 21.1 Å². The number of esters is 1. The van der Waals surface area contributed by atoms with Crippen molar-refractivity contribution in [2.75, 3.05) is 24.1 Å². The Labute approximate surface area is 221 Å².